The summed E-state index contributed by atoms with van der Waals surface area (Å²) in [6.45, 7) is 2.06. The van der Waals surface area contributed by atoms with E-state index in [1.54, 1.807) is 0 Å². The van der Waals surface area contributed by atoms with E-state index in [2.05, 4.69) is 22.9 Å². The highest BCUT2D eigenvalue weighted by Gasteiger charge is 2.39. The lowest BCUT2D eigenvalue weighted by Crippen LogP contribution is -2.49. The normalized spacial score (nSPS) is 17.5. The first-order valence-corrected chi connectivity index (χ1v) is 11.3. The van der Waals surface area contributed by atoms with Gasteiger partial charge in [0.25, 0.3) is 0 Å². The number of hydrogen-bond donors (Lipinski definition) is 3. The zero-order valence-corrected chi connectivity index (χ0v) is 18.8. The number of amides is 3. The average molecular weight is 466 g/mol. The van der Waals surface area contributed by atoms with Gasteiger partial charge in [-0.3, -0.25) is 15.0 Å². The second-order valence-electron chi connectivity index (χ2n) is 8.52. The quantitative estimate of drug-likeness (QED) is 0.551. The van der Waals surface area contributed by atoms with Crippen LogP contribution in [0.2, 0.25) is 0 Å². The predicted octanol–water partition coefficient (Wildman–Crippen LogP) is 2.80. The number of hydrogen-bond acceptors (Lipinski definition) is 5. The van der Waals surface area contributed by atoms with E-state index in [9.17, 15) is 24.3 Å². The van der Waals surface area contributed by atoms with Crippen molar-refractivity contribution < 1.29 is 29.0 Å². The molecule has 2 atom stereocenters. The highest BCUT2D eigenvalue weighted by atomic mass is 16.5. The summed E-state index contributed by atoms with van der Waals surface area (Å²) in [5.74, 6) is -2.45. The van der Waals surface area contributed by atoms with Gasteiger partial charge >= 0.3 is 12.1 Å². The Hall–Kier alpha value is -3.88. The van der Waals surface area contributed by atoms with Crippen LogP contribution in [0.25, 0.3) is 11.1 Å². The molecule has 0 spiro atoms. The summed E-state index contributed by atoms with van der Waals surface area (Å²) < 4.78 is 5.56. The number of nitrogens with zero attached hydrogens (tertiary/aromatic N) is 1. The Labute approximate surface area is 197 Å². The molecule has 9 heteroatoms. The number of alkyl carbamates (subject to hydrolysis) is 1. The van der Waals surface area contributed by atoms with Crippen LogP contribution < -0.4 is 10.7 Å². The van der Waals surface area contributed by atoms with E-state index in [0.717, 1.165) is 27.3 Å². The molecular weight excluding hydrogens is 438 g/mol. The van der Waals surface area contributed by atoms with Gasteiger partial charge in [-0.05, 0) is 28.7 Å². The summed E-state index contributed by atoms with van der Waals surface area (Å²) >= 11 is 0. The Morgan fingerprint density at radius 1 is 1.12 bits per heavy atom. The molecule has 1 aliphatic carbocycles. The molecule has 2 aliphatic rings. The molecule has 178 valence electrons. The van der Waals surface area contributed by atoms with Crippen LogP contribution in [0.1, 0.15) is 49.7 Å². The maximum absolute atomic E-state index is 12.7. The van der Waals surface area contributed by atoms with Crippen LogP contribution in [-0.2, 0) is 19.1 Å². The number of carbonyl (C=O) groups is 4. The van der Waals surface area contributed by atoms with Gasteiger partial charge in [0.2, 0.25) is 11.8 Å². The van der Waals surface area contributed by atoms with Crippen molar-refractivity contribution >= 4 is 23.9 Å². The second-order valence-corrected chi connectivity index (χ2v) is 8.52. The summed E-state index contributed by atoms with van der Waals surface area (Å²) in [7, 11) is 0. The highest BCUT2D eigenvalue weighted by Crippen LogP contribution is 2.44. The molecule has 0 radical (unpaired) electrons. The topological polar surface area (TPSA) is 125 Å². The number of hydrazine groups is 1. The van der Waals surface area contributed by atoms with Crippen molar-refractivity contribution in [3.05, 3.63) is 59.7 Å². The van der Waals surface area contributed by atoms with E-state index in [1.807, 2.05) is 43.3 Å². The van der Waals surface area contributed by atoms with E-state index >= 15 is 0 Å². The van der Waals surface area contributed by atoms with Gasteiger partial charge in [0.05, 0.1) is 6.42 Å². The van der Waals surface area contributed by atoms with Crippen molar-refractivity contribution in [2.24, 2.45) is 0 Å². The van der Waals surface area contributed by atoms with Gasteiger partial charge in [-0.2, -0.15) is 0 Å². The van der Waals surface area contributed by atoms with Gasteiger partial charge < -0.3 is 15.2 Å². The van der Waals surface area contributed by atoms with E-state index in [1.165, 1.54) is 0 Å². The predicted molar refractivity (Wildman–Crippen MR) is 123 cm³/mol. The first-order chi connectivity index (χ1) is 16.4. The molecule has 3 amide bonds. The molecule has 1 heterocycles. The zero-order chi connectivity index (χ0) is 24.2. The second kappa shape index (κ2) is 9.94. The number of ether oxygens (including phenoxy) is 1. The lowest BCUT2D eigenvalue weighted by atomic mass is 9.98. The lowest BCUT2D eigenvalue weighted by Gasteiger charge is -2.24. The Kier molecular flexibility index (Phi) is 6.81. The fourth-order valence-electron chi connectivity index (χ4n) is 4.65. The average Bonchev–Trinajstić information content (AvgIpc) is 3.36. The molecule has 0 aromatic heterocycles. The van der Waals surface area contributed by atoms with Crippen LogP contribution in [0.15, 0.2) is 48.5 Å². The fourth-order valence-corrected chi connectivity index (χ4v) is 4.65. The van der Waals surface area contributed by atoms with E-state index in [4.69, 9.17) is 4.74 Å². The molecule has 1 aliphatic heterocycles. The van der Waals surface area contributed by atoms with Gasteiger partial charge in [-0.15, -0.1) is 0 Å². The van der Waals surface area contributed by atoms with Crippen LogP contribution in [0.3, 0.4) is 0 Å². The van der Waals surface area contributed by atoms with Crippen molar-refractivity contribution in [2.45, 2.75) is 50.6 Å². The minimum absolute atomic E-state index is 0.0828. The fraction of sp³-hybridized carbons (Fsp3) is 0.360. The molecule has 1 unspecified atom stereocenters. The first-order valence-electron chi connectivity index (χ1n) is 11.3. The van der Waals surface area contributed by atoms with Crippen molar-refractivity contribution in [3.8, 4) is 11.1 Å². The van der Waals surface area contributed by atoms with Crippen LogP contribution in [-0.4, -0.2) is 52.7 Å². The van der Waals surface area contributed by atoms with Gasteiger partial charge in [0.1, 0.15) is 6.61 Å². The summed E-state index contributed by atoms with van der Waals surface area (Å²) in [6, 6.07) is 14.2. The number of rotatable bonds is 8. The molecule has 1 saturated heterocycles. The zero-order valence-electron chi connectivity index (χ0n) is 18.8. The van der Waals surface area contributed by atoms with Crippen molar-refractivity contribution in [2.75, 3.05) is 6.61 Å². The molecule has 3 N–H and O–H groups in total. The third-order valence-corrected chi connectivity index (χ3v) is 6.21. The van der Waals surface area contributed by atoms with Crippen molar-refractivity contribution in [1.82, 2.24) is 15.8 Å². The Morgan fingerprint density at radius 3 is 2.32 bits per heavy atom. The van der Waals surface area contributed by atoms with Crippen LogP contribution in [0.5, 0.6) is 0 Å². The molecule has 0 bridgehead atoms. The molecule has 34 heavy (non-hydrogen) atoms. The SMILES string of the molecule is CCC[C@@H](CC(=O)N1NC(=O)CC1C(=O)O)NC(=O)OCC1c2ccccc2-c2ccccc21. The van der Waals surface area contributed by atoms with Crippen molar-refractivity contribution in [3.63, 3.8) is 0 Å². The number of aliphatic carboxylic acids is 1. The van der Waals surface area contributed by atoms with E-state index < -0.39 is 36.0 Å². The maximum atomic E-state index is 12.7. The van der Waals surface area contributed by atoms with Crippen LogP contribution in [0.4, 0.5) is 4.79 Å². The summed E-state index contributed by atoms with van der Waals surface area (Å²) in [6.07, 6.45) is 0.0982. The van der Waals surface area contributed by atoms with Gasteiger partial charge in [0.15, 0.2) is 6.04 Å². The molecule has 1 fully saturated rings. The van der Waals surface area contributed by atoms with Crippen LogP contribution in [0, 0.1) is 0 Å². The van der Waals surface area contributed by atoms with Crippen LogP contribution >= 0.6 is 0 Å². The third-order valence-electron chi connectivity index (χ3n) is 6.21. The molecule has 4 rings (SSSR count). The van der Waals surface area contributed by atoms with Gasteiger partial charge in [0, 0.05) is 18.4 Å². The number of carbonyl (C=O) groups excluding carboxylic acids is 3. The number of carboxylic acid groups (broad SMARTS) is 1. The molecule has 2 aromatic carbocycles. The van der Waals surface area contributed by atoms with Gasteiger partial charge in [-0.1, -0.05) is 61.9 Å². The minimum atomic E-state index is -1.26. The number of fused-ring (bicyclic) bond motifs is 3. The first kappa shape index (κ1) is 23.3. The smallest absolute Gasteiger partial charge is 0.407 e. The standard InChI is InChI=1S/C25H27N3O6/c1-2-7-15(12-23(30)28-21(24(31)32)13-22(29)27-28)26-25(33)34-14-20-18-10-5-3-8-16(18)17-9-4-6-11-19(17)20/h3-6,8-11,15,20-21H,2,7,12-14H2,1H3,(H,26,33)(H,27,29)(H,31,32)/t15-,21?/m0/s1. The molecule has 2 aromatic rings. The lowest BCUT2D eigenvalue weighted by molar-refractivity contribution is -0.150. The minimum Gasteiger partial charge on any atom is -0.480 e. The summed E-state index contributed by atoms with van der Waals surface area (Å²) in [5.41, 5.74) is 6.74. The summed E-state index contributed by atoms with van der Waals surface area (Å²) in [4.78, 5) is 48.2. The Balaban J connectivity index is 1.38. The molecule has 0 saturated carbocycles. The van der Waals surface area contributed by atoms with Crippen molar-refractivity contribution in [1.29, 1.82) is 0 Å². The Morgan fingerprint density at radius 2 is 1.74 bits per heavy atom. The van der Waals surface area contributed by atoms with Gasteiger partial charge in [-0.25, -0.2) is 14.6 Å². The number of benzene rings is 2. The third kappa shape index (κ3) is 4.73. The number of carboxylic acids is 1. The highest BCUT2D eigenvalue weighted by molar-refractivity contribution is 5.93. The van der Waals surface area contributed by atoms with E-state index in [0.29, 0.717) is 12.8 Å². The largest absolute Gasteiger partial charge is 0.480 e. The molecule has 9 nitrogen and oxygen atoms in total. The number of nitrogens with one attached hydrogen (secondary N) is 2. The summed E-state index contributed by atoms with van der Waals surface area (Å²) in [5, 5.41) is 12.8. The van der Waals surface area contributed by atoms with E-state index in [-0.39, 0.29) is 25.4 Å². The Bertz CT molecular complexity index is 1070. The molecular formula is C25H27N3O6. The maximum Gasteiger partial charge on any atom is 0.407 e. The monoisotopic (exact) mass is 465 g/mol.